The fraction of sp³-hybridized carbons (Fsp3) is 0.909. The molecule has 3 N–H and O–H groups in total. The van der Waals surface area contributed by atoms with Crippen LogP contribution in [0.25, 0.3) is 0 Å². The summed E-state index contributed by atoms with van der Waals surface area (Å²) in [6.45, 7) is 3.49. The molecule has 1 saturated carbocycles. The monoisotopic (exact) mass is 213 g/mol. The van der Waals surface area contributed by atoms with E-state index >= 15 is 0 Å². The van der Waals surface area contributed by atoms with Gasteiger partial charge >= 0.3 is 6.03 Å². The van der Waals surface area contributed by atoms with Crippen molar-refractivity contribution in [2.45, 2.75) is 38.6 Å². The average molecular weight is 213 g/mol. The summed E-state index contributed by atoms with van der Waals surface area (Å²) >= 11 is 0. The second-order valence-electron chi connectivity index (χ2n) is 4.49. The minimum atomic E-state index is 0.0247. The van der Waals surface area contributed by atoms with Gasteiger partial charge in [-0.2, -0.15) is 0 Å². The predicted molar refractivity (Wildman–Crippen MR) is 61.6 cm³/mol. The van der Waals surface area contributed by atoms with Gasteiger partial charge in [-0.15, -0.1) is 0 Å². The first-order chi connectivity index (χ1) is 7.13. The van der Waals surface area contributed by atoms with E-state index in [1.54, 1.807) is 4.90 Å². The lowest BCUT2D eigenvalue weighted by Crippen LogP contribution is -2.41. The Morgan fingerprint density at radius 1 is 1.53 bits per heavy atom. The van der Waals surface area contributed by atoms with Crippen molar-refractivity contribution in [3.8, 4) is 0 Å². The van der Waals surface area contributed by atoms with E-state index in [0.717, 1.165) is 25.9 Å². The number of hydrogen-bond donors (Lipinski definition) is 2. The number of nitrogens with two attached hydrogens (primary N) is 1. The zero-order valence-electron chi connectivity index (χ0n) is 9.83. The van der Waals surface area contributed by atoms with E-state index in [-0.39, 0.29) is 6.03 Å². The second-order valence-corrected chi connectivity index (χ2v) is 4.49. The van der Waals surface area contributed by atoms with Crippen LogP contribution in [-0.4, -0.2) is 37.1 Å². The first kappa shape index (κ1) is 12.3. The Morgan fingerprint density at radius 3 is 2.87 bits per heavy atom. The van der Waals surface area contributed by atoms with Crippen LogP contribution in [0.1, 0.15) is 32.6 Å². The molecule has 0 aromatic carbocycles. The Balaban J connectivity index is 2.21. The molecule has 0 aliphatic heterocycles. The summed E-state index contributed by atoms with van der Waals surface area (Å²) in [7, 11) is 1.81. The summed E-state index contributed by atoms with van der Waals surface area (Å²) in [5, 5.41) is 2.96. The third-order valence-corrected chi connectivity index (χ3v) is 3.19. The SMILES string of the molecule is CCN(C)C(=O)NCC1CCCC(N)C1. The zero-order chi connectivity index (χ0) is 11.3. The standard InChI is InChI=1S/C11H23N3O/c1-3-14(2)11(15)13-8-9-5-4-6-10(12)7-9/h9-10H,3-8,12H2,1-2H3,(H,13,15). The summed E-state index contributed by atoms with van der Waals surface area (Å²) in [6, 6.07) is 0.362. The van der Waals surface area contributed by atoms with E-state index in [2.05, 4.69) is 5.32 Å². The van der Waals surface area contributed by atoms with Crippen LogP contribution in [0.2, 0.25) is 0 Å². The van der Waals surface area contributed by atoms with Crippen LogP contribution < -0.4 is 11.1 Å². The topological polar surface area (TPSA) is 58.4 Å². The van der Waals surface area contributed by atoms with Gasteiger partial charge in [0.15, 0.2) is 0 Å². The van der Waals surface area contributed by atoms with Crippen molar-refractivity contribution in [3.63, 3.8) is 0 Å². The Bertz CT molecular complexity index is 208. The number of nitrogens with zero attached hydrogens (tertiary/aromatic N) is 1. The maximum atomic E-state index is 11.5. The average Bonchev–Trinajstić information content (AvgIpc) is 2.25. The van der Waals surface area contributed by atoms with Gasteiger partial charge < -0.3 is 16.0 Å². The number of amides is 2. The normalized spacial score (nSPS) is 26.1. The van der Waals surface area contributed by atoms with E-state index in [0.29, 0.717) is 12.0 Å². The first-order valence-electron chi connectivity index (χ1n) is 5.88. The summed E-state index contributed by atoms with van der Waals surface area (Å²) < 4.78 is 0. The number of rotatable bonds is 3. The fourth-order valence-corrected chi connectivity index (χ4v) is 2.03. The molecular formula is C11H23N3O. The minimum absolute atomic E-state index is 0.0247. The molecule has 0 bridgehead atoms. The van der Waals surface area contributed by atoms with Gasteiger partial charge in [0.25, 0.3) is 0 Å². The molecule has 4 heteroatoms. The van der Waals surface area contributed by atoms with Crippen molar-refractivity contribution in [1.29, 1.82) is 0 Å². The highest BCUT2D eigenvalue weighted by atomic mass is 16.2. The van der Waals surface area contributed by atoms with Crippen LogP contribution in [0, 0.1) is 5.92 Å². The quantitative estimate of drug-likeness (QED) is 0.739. The highest BCUT2D eigenvalue weighted by molar-refractivity contribution is 5.73. The largest absolute Gasteiger partial charge is 0.338 e. The molecule has 88 valence electrons. The molecule has 1 rings (SSSR count). The molecule has 1 fully saturated rings. The summed E-state index contributed by atoms with van der Waals surface area (Å²) in [5.41, 5.74) is 5.89. The van der Waals surface area contributed by atoms with Crippen LogP contribution in [0.15, 0.2) is 0 Å². The molecule has 15 heavy (non-hydrogen) atoms. The summed E-state index contributed by atoms with van der Waals surface area (Å²) in [6.07, 6.45) is 4.59. The van der Waals surface area contributed by atoms with Crippen molar-refractivity contribution in [1.82, 2.24) is 10.2 Å². The summed E-state index contributed by atoms with van der Waals surface area (Å²) in [4.78, 5) is 13.2. The van der Waals surface area contributed by atoms with E-state index in [9.17, 15) is 4.79 Å². The summed E-state index contributed by atoms with van der Waals surface area (Å²) in [5.74, 6) is 0.572. The second kappa shape index (κ2) is 5.95. The Hall–Kier alpha value is -0.770. The molecule has 0 radical (unpaired) electrons. The fourth-order valence-electron chi connectivity index (χ4n) is 2.03. The molecule has 1 aliphatic carbocycles. The van der Waals surface area contributed by atoms with Crippen molar-refractivity contribution >= 4 is 6.03 Å². The molecule has 2 amide bonds. The predicted octanol–water partition coefficient (Wildman–Crippen LogP) is 1.17. The van der Waals surface area contributed by atoms with Gasteiger partial charge in [0.05, 0.1) is 0 Å². The Kier molecular flexibility index (Phi) is 4.88. The third-order valence-electron chi connectivity index (χ3n) is 3.19. The van der Waals surface area contributed by atoms with Crippen LogP contribution in [-0.2, 0) is 0 Å². The molecule has 2 atom stereocenters. The maximum absolute atomic E-state index is 11.5. The van der Waals surface area contributed by atoms with Gasteiger partial charge in [0.2, 0.25) is 0 Å². The lowest BCUT2D eigenvalue weighted by molar-refractivity contribution is 0.206. The van der Waals surface area contributed by atoms with Crippen LogP contribution in [0.5, 0.6) is 0 Å². The van der Waals surface area contributed by atoms with Gasteiger partial charge in [-0.1, -0.05) is 6.42 Å². The molecule has 4 nitrogen and oxygen atoms in total. The number of hydrogen-bond acceptors (Lipinski definition) is 2. The maximum Gasteiger partial charge on any atom is 0.317 e. The molecule has 2 unspecified atom stereocenters. The van der Waals surface area contributed by atoms with E-state index < -0.39 is 0 Å². The Morgan fingerprint density at radius 2 is 2.27 bits per heavy atom. The van der Waals surface area contributed by atoms with Gasteiger partial charge in [0, 0.05) is 26.2 Å². The molecule has 1 aliphatic rings. The molecule has 0 heterocycles. The van der Waals surface area contributed by atoms with Crippen molar-refractivity contribution in [3.05, 3.63) is 0 Å². The van der Waals surface area contributed by atoms with Crippen molar-refractivity contribution < 1.29 is 4.79 Å². The number of carbonyl (C=O) groups is 1. The van der Waals surface area contributed by atoms with Crippen molar-refractivity contribution in [2.75, 3.05) is 20.1 Å². The van der Waals surface area contributed by atoms with Crippen LogP contribution in [0.3, 0.4) is 0 Å². The molecule has 0 aromatic heterocycles. The number of urea groups is 1. The highest BCUT2D eigenvalue weighted by Gasteiger charge is 2.19. The van der Waals surface area contributed by atoms with Crippen LogP contribution >= 0.6 is 0 Å². The lowest BCUT2D eigenvalue weighted by Gasteiger charge is -2.27. The Labute approximate surface area is 92.2 Å². The van der Waals surface area contributed by atoms with Gasteiger partial charge in [-0.3, -0.25) is 0 Å². The molecular weight excluding hydrogens is 190 g/mol. The third kappa shape index (κ3) is 4.08. The van der Waals surface area contributed by atoms with E-state index in [4.69, 9.17) is 5.73 Å². The van der Waals surface area contributed by atoms with Crippen molar-refractivity contribution in [2.24, 2.45) is 11.7 Å². The highest BCUT2D eigenvalue weighted by Crippen LogP contribution is 2.22. The zero-order valence-corrected chi connectivity index (χ0v) is 9.83. The first-order valence-corrected chi connectivity index (χ1v) is 5.88. The van der Waals surface area contributed by atoms with Gasteiger partial charge in [-0.25, -0.2) is 4.79 Å². The van der Waals surface area contributed by atoms with E-state index in [1.165, 1.54) is 12.8 Å². The van der Waals surface area contributed by atoms with Gasteiger partial charge in [0.1, 0.15) is 0 Å². The smallest absolute Gasteiger partial charge is 0.317 e. The van der Waals surface area contributed by atoms with Gasteiger partial charge in [-0.05, 0) is 32.1 Å². The van der Waals surface area contributed by atoms with E-state index in [1.807, 2.05) is 14.0 Å². The molecule has 0 spiro atoms. The lowest BCUT2D eigenvalue weighted by atomic mass is 9.86. The number of nitrogens with one attached hydrogen (secondary N) is 1. The van der Waals surface area contributed by atoms with Crippen LogP contribution in [0.4, 0.5) is 4.79 Å². The molecule has 0 aromatic rings. The molecule has 0 saturated heterocycles. The number of carbonyl (C=O) groups excluding carboxylic acids is 1. The minimum Gasteiger partial charge on any atom is -0.338 e.